The van der Waals surface area contributed by atoms with Crippen LogP contribution >= 0.6 is 0 Å². The lowest BCUT2D eigenvalue weighted by atomic mass is 9.76. The molecule has 0 heterocycles. The van der Waals surface area contributed by atoms with Crippen molar-refractivity contribution >= 4 is 5.97 Å². The minimum Gasteiger partial charge on any atom is -0.466 e. The molecule has 0 amide bonds. The number of carbonyl (C=O) groups is 1. The Hall–Kier alpha value is -2.09. The highest BCUT2D eigenvalue weighted by Gasteiger charge is 2.40. The van der Waals surface area contributed by atoms with E-state index in [0.717, 1.165) is 19.3 Å². The Labute approximate surface area is 138 Å². The first kappa shape index (κ1) is 15.8. The van der Waals surface area contributed by atoms with Gasteiger partial charge in [0.1, 0.15) is 0 Å². The van der Waals surface area contributed by atoms with Crippen molar-refractivity contribution in [2.75, 3.05) is 6.61 Å². The molecule has 2 aromatic rings. The van der Waals surface area contributed by atoms with Crippen LogP contribution in [0, 0.1) is 11.8 Å². The number of carbonyl (C=O) groups excluding carboxylic acids is 1. The molecule has 0 N–H and O–H groups in total. The predicted molar refractivity (Wildman–Crippen MR) is 92.2 cm³/mol. The second kappa shape index (κ2) is 7.45. The van der Waals surface area contributed by atoms with Gasteiger partial charge in [-0.05, 0) is 36.8 Å². The number of esters is 1. The molecular weight excluding hydrogens is 284 g/mol. The normalized spacial score (nSPS) is 20.6. The van der Waals surface area contributed by atoms with Crippen LogP contribution in [0.1, 0.15) is 43.2 Å². The first-order valence-corrected chi connectivity index (χ1v) is 8.57. The molecule has 0 radical (unpaired) electrons. The lowest BCUT2D eigenvalue weighted by Gasteiger charge is -2.28. The van der Waals surface area contributed by atoms with E-state index in [4.69, 9.17) is 4.74 Å². The van der Waals surface area contributed by atoms with Crippen molar-refractivity contribution < 1.29 is 9.53 Å². The average molecular weight is 308 g/mol. The van der Waals surface area contributed by atoms with Crippen molar-refractivity contribution in [1.82, 2.24) is 0 Å². The molecular formula is C21H24O2. The summed E-state index contributed by atoms with van der Waals surface area (Å²) in [4.78, 5) is 12.4. The van der Waals surface area contributed by atoms with Gasteiger partial charge in [-0.1, -0.05) is 67.1 Å². The van der Waals surface area contributed by atoms with Gasteiger partial charge < -0.3 is 4.74 Å². The third-order valence-electron chi connectivity index (χ3n) is 4.90. The minimum atomic E-state index is -0.0214. The molecule has 0 spiro atoms. The van der Waals surface area contributed by atoms with Gasteiger partial charge in [0.15, 0.2) is 0 Å². The lowest BCUT2D eigenvalue weighted by molar-refractivity contribution is -0.149. The second-order valence-corrected chi connectivity index (χ2v) is 6.25. The van der Waals surface area contributed by atoms with Gasteiger partial charge in [-0.25, -0.2) is 0 Å². The zero-order chi connectivity index (χ0) is 16.1. The fourth-order valence-electron chi connectivity index (χ4n) is 3.94. The third-order valence-corrected chi connectivity index (χ3v) is 4.90. The van der Waals surface area contributed by atoms with Crippen LogP contribution in [-0.4, -0.2) is 12.6 Å². The van der Waals surface area contributed by atoms with Gasteiger partial charge >= 0.3 is 5.97 Å². The first-order chi connectivity index (χ1) is 11.3. The Morgan fingerprint density at radius 2 is 1.57 bits per heavy atom. The number of benzene rings is 2. The van der Waals surface area contributed by atoms with Crippen molar-refractivity contribution in [2.24, 2.45) is 11.8 Å². The molecule has 2 heteroatoms. The van der Waals surface area contributed by atoms with Gasteiger partial charge in [0.05, 0.1) is 12.5 Å². The molecule has 2 aromatic carbocycles. The maximum absolute atomic E-state index is 12.4. The molecule has 2 atom stereocenters. The smallest absolute Gasteiger partial charge is 0.309 e. The van der Waals surface area contributed by atoms with Crippen molar-refractivity contribution in [1.29, 1.82) is 0 Å². The maximum Gasteiger partial charge on any atom is 0.309 e. The summed E-state index contributed by atoms with van der Waals surface area (Å²) in [6.45, 7) is 2.34. The number of hydrogen-bond acceptors (Lipinski definition) is 2. The van der Waals surface area contributed by atoms with Gasteiger partial charge in [-0.2, -0.15) is 0 Å². The van der Waals surface area contributed by atoms with E-state index in [0.29, 0.717) is 12.5 Å². The fourth-order valence-corrected chi connectivity index (χ4v) is 3.94. The highest BCUT2D eigenvalue weighted by molar-refractivity contribution is 5.73. The Morgan fingerprint density at radius 3 is 2.09 bits per heavy atom. The van der Waals surface area contributed by atoms with Crippen LogP contribution in [0.5, 0.6) is 0 Å². The largest absolute Gasteiger partial charge is 0.466 e. The van der Waals surface area contributed by atoms with Gasteiger partial charge in [-0.15, -0.1) is 0 Å². The van der Waals surface area contributed by atoms with E-state index in [9.17, 15) is 4.79 Å². The van der Waals surface area contributed by atoms with E-state index in [1.165, 1.54) is 11.1 Å². The van der Waals surface area contributed by atoms with Crippen LogP contribution in [0.25, 0.3) is 0 Å². The Kier molecular flexibility index (Phi) is 5.12. The summed E-state index contributed by atoms with van der Waals surface area (Å²) < 4.78 is 5.34. The summed E-state index contributed by atoms with van der Waals surface area (Å²) in [5.41, 5.74) is 2.58. The monoisotopic (exact) mass is 308 g/mol. The summed E-state index contributed by atoms with van der Waals surface area (Å²) in [6, 6.07) is 21.1. The Balaban J connectivity index is 1.97. The van der Waals surface area contributed by atoms with Crippen LogP contribution < -0.4 is 0 Å². The van der Waals surface area contributed by atoms with Crippen molar-refractivity contribution in [2.45, 2.75) is 32.1 Å². The lowest BCUT2D eigenvalue weighted by Crippen LogP contribution is -2.26. The van der Waals surface area contributed by atoms with Gasteiger partial charge in [0.2, 0.25) is 0 Å². The van der Waals surface area contributed by atoms with E-state index in [-0.39, 0.29) is 17.8 Å². The molecule has 1 saturated carbocycles. The van der Waals surface area contributed by atoms with Crippen LogP contribution in [0.2, 0.25) is 0 Å². The van der Waals surface area contributed by atoms with Crippen molar-refractivity contribution in [3.8, 4) is 0 Å². The Morgan fingerprint density at radius 1 is 1.00 bits per heavy atom. The molecule has 0 aliphatic heterocycles. The molecule has 3 rings (SSSR count). The molecule has 0 aromatic heterocycles. The summed E-state index contributed by atoms with van der Waals surface area (Å²) in [6.07, 6.45) is 3.13. The zero-order valence-corrected chi connectivity index (χ0v) is 13.7. The molecule has 1 fully saturated rings. The van der Waals surface area contributed by atoms with E-state index in [2.05, 4.69) is 48.5 Å². The van der Waals surface area contributed by atoms with E-state index < -0.39 is 0 Å². The summed E-state index contributed by atoms with van der Waals surface area (Å²) >= 11 is 0. The maximum atomic E-state index is 12.4. The van der Waals surface area contributed by atoms with Gasteiger partial charge in [0, 0.05) is 5.92 Å². The van der Waals surface area contributed by atoms with Crippen LogP contribution in [-0.2, 0) is 9.53 Å². The Bertz CT molecular complexity index is 581. The summed E-state index contributed by atoms with van der Waals surface area (Å²) in [7, 11) is 0. The minimum absolute atomic E-state index is 0.0142. The summed E-state index contributed by atoms with van der Waals surface area (Å²) in [5, 5.41) is 0. The SMILES string of the molecule is CCOC(=O)C1CCCC1C(c1ccccc1)c1ccccc1. The highest BCUT2D eigenvalue weighted by Crippen LogP contribution is 2.45. The molecule has 120 valence electrons. The van der Waals surface area contributed by atoms with Crippen LogP contribution in [0.4, 0.5) is 0 Å². The van der Waals surface area contributed by atoms with E-state index >= 15 is 0 Å². The number of hydrogen-bond donors (Lipinski definition) is 0. The molecule has 0 bridgehead atoms. The average Bonchev–Trinajstić information content (AvgIpc) is 3.07. The molecule has 2 nitrogen and oxygen atoms in total. The topological polar surface area (TPSA) is 26.3 Å². The summed E-state index contributed by atoms with van der Waals surface area (Å²) in [5.74, 6) is 0.570. The quantitative estimate of drug-likeness (QED) is 0.742. The highest BCUT2D eigenvalue weighted by atomic mass is 16.5. The van der Waals surface area contributed by atoms with Crippen LogP contribution in [0.15, 0.2) is 60.7 Å². The predicted octanol–water partition coefficient (Wildman–Crippen LogP) is 4.80. The molecule has 2 unspecified atom stereocenters. The molecule has 1 aliphatic carbocycles. The standard InChI is InChI=1S/C21H24O2/c1-2-23-21(22)19-15-9-14-18(19)20(16-10-5-3-6-11-16)17-12-7-4-8-13-17/h3-8,10-13,18-20H,2,9,14-15H2,1H3. The third kappa shape index (κ3) is 3.47. The van der Waals surface area contributed by atoms with Crippen molar-refractivity contribution in [3.05, 3.63) is 71.8 Å². The molecule has 1 aliphatic rings. The molecule has 23 heavy (non-hydrogen) atoms. The zero-order valence-electron chi connectivity index (χ0n) is 13.7. The number of ether oxygens (including phenoxy) is 1. The van der Waals surface area contributed by atoms with Gasteiger partial charge in [0.25, 0.3) is 0 Å². The van der Waals surface area contributed by atoms with Crippen LogP contribution in [0.3, 0.4) is 0 Å². The van der Waals surface area contributed by atoms with Gasteiger partial charge in [-0.3, -0.25) is 4.79 Å². The molecule has 0 saturated heterocycles. The number of rotatable bonds is 5. The second-order valence-electron chi connectivity index (χ2n) is 6.25. The fraction of sp³-hybridized carbons (Fsp3) is 0.381. The van der Waals surface area contributed by atoms with E-state index in [1.54, 1.807) is 0 Å². The first-order valence-electron chi connectivity index (χ1n) is 8.57. The van der Waals surface area contributed by atoms with Crippen molar-refractivity contribution in [3.63, 3.8) is 0 Å². The van der Waals surface area contributed by atoms with E-state index in [1.807, 2.05) is 19.1 Å².